The molecule has 0 atom stereocenters. The summed E-state index contributed by atoms with van der Waals surface area (Å²) < 4.78 is 0. The fourth-order valence-corrected chi connectivity index (χ4v) is 3.81. The van der Waals surface area contributed by atoms with Crippen molar-refractivity contribution >= 4 is 23.0 Å². The van der Waals surface area contributed by atoms with Gasteiger partial charge in [0, 0.05) is 31.9 Å². The molecule has 0 radical (unpaired) electrons. The highest BCUT2D eigenvalue weighted by Crippen LogP contribution is 2.35. The minimum atomic E-state index is -0.0593. The molecule has 1 heterocycles. The highest BCUT2D eigenvalue weighted by molar-refractivity contribution is 8.14. The monoisotopic (exact) mass is 284 g/mol. The average Bonchev–Trinajstić information content (AvgIpc) is 2.78. The van der Waals surface area contributed by atoms with Crippen LogP contribution in [-0.2, 0) is 0 Å². The third-order valence-electron chi connectivity index (χ3n) is 3.72. The van der Waals surface area contributed by atoms with Gasteiger partial charge in [-0.15, -0.1) is 0 Å². The Kier molecular flexibility index (Phi) is 4.96. The predicted octanol–water partition coefficient (Wildman–Crippen LogP) is 1.65. The quantitative estimate of drug-likeness (QED) is 0.775. The third-order valence-corrected chi connectivity index (χ3v) is 4.92. The van der Waals surface area contributed by atoms with Crippen LogP contribution in [0.1, 0.15) is 32.1 Å². The first kappa shape index (κ1) is 14.5. The number of hydrogen-bond acceptors (Lipinski definition) is 3. The molecule has 2 N–H and O–H groups in total. The lowest BCUT2D eigenvalue weighted by atomic mass is 9.83. The number of thioether (sulfide) groups is 1. The van der Waals surface area contributed by atoms with Crippen molar-refractivity contribution in [2.45, 2.75) is 37.6 Å². The summed E-state index contributed by atoms with van der Waals surface area (Å²) in [6, 6.07) is -0.0593. The van der Waals surface area contributed by atoms with E-state index in [1.807, 2.05) is 11.8 Å². The smallest absolute Gasteiger partial charge is 0.316 e. The minimum absolute atomic E-state index is 0.0593. The van der Waals surface area contributed by atoms with Crippen molar-refractivity contribution in [2.24, 2.45) is 4.99 Å². The number of aliphatic imine (C=N–C) groups is 1. The molecule has 0 bridgehead atoms. The summed E-state index contributed by atoms with van der Waals surface area (Å²) in [5.74, 6) is 1.15. The summed E-state index contributed by atoms with van der Waals surface area (Å²) in [6.07, 6.45) is 6.59. The number of rotatable bonds is 3. The van der Waals surface area contributed by atoms with Crippen LogP contribution in [0, 0.1) is 0 Å². The maximum Gasteiger partial charge on any atom is 0.316 e. The van der Waals surface area contributed by atoms with Crippen molar-refractivity contribution in [2.75, 3.05) is 32.9 Å². The van der Waals surface area contributed by atoms with E-state index >= 15 is 0 Å². The zero-order chi connectivity index (χ0) is 13.7. The van der Waals surface area contributed by atoms with Crippen LogP contribution in [0.2, 0.25) is 0 Å². The van der Waals surface area contributed by atoms with Gasteiger partial charge in [0.25, 0.3) is 0 Å². The molecule has 6 heteroatoms. The van der Waals surface area contributed by atoms with E-state index in [9.17, 15) is 4.79 Å². The Morgan fingerprint density at radius 2 is 2.16 bits per heavy atom. The van der Waals surface area contributed by atoms with Crippen LogP contribution in [0.5, 0.6) is 0 Å². The minimum Gasteiger partial charge on any atom is -0.359 e. The number of nitrogens with zero attached hydrogens (tertiary/aromatic N) is 2. The molecule has 1 saturated carbocycles. The van der Waals surface area contributed by atoms with Gasteiger partial charge in [-0.05, 0) is 12.8 Å². The van der Waals surface area contributed by atoms with Gasteiger partial charge in [0.05, 0.1) is 6.54 Å². The summed E-state index contributed by atoms with van der Waals surface area (Å²) in [6.45, 7) is 1.24. The number of urea groups is 1. The first-order chi connectivity index (χ1) is 9.11. The highest BCUT2D eigenvalue weighted by atomic mass is 32.2. The molecule has 19 heavy (non-hydrogen) atoms. The van der Waals surface area contributed by atoms with Gasteiger partial charge in [0.1, 0.15) is 0 Å². The maximum atomic E-state index is 11.3. The van der Waals surface area contributed by atoms with Gasteiger partial charge in [0.2, 0.25) is 0 Å². The number of amidine groups is 1. The van der Waals surface area contributed by atoms with Crippen LogP contribution in [-0.4, -0.2) is 54.6 Å². The normalized spacial score (nSPS) is 23.4. The lowest BCUT2D eigenvalue weighted by Crippen LogP contribution is -2.45. The molecule has 2 aliphatic rings. The zero-order valence-electron chi connectivity index (χ0n) is 11.9. The Morgan fingerprint density at radius 1 is 1.42 bits per heavy atom. The highest BCUT2D eigenvalue weighted by Gasteiger charge is 2.37. The number of amides is 2. The van der Waals surface area contributed by atoms with Gasteiger partial charge < -0.3 is 15.5 Å². The molecule has 5 nitrogen and oxygen atoms in total. The van der Waals surface area contributed by atoms with E-state index in [1.165, 1.54) is 37.0 Å². The van der Waals surface area contributed by atoms with Crippen LogP contribution in [0.4, 0.5) is 4.79 Å². The van der Waals surface area contributed by atoms with E-state index in [4.69, 9.17) is 0 Å². The Bertz CT molecular complexity index is 351. The molecule has 1 saturated heterocycles. The number of carbonyl (C=O) groups is 1. The van der Waals surface area contributed by atoms with Gasteiger partial charge >= 0.3 is 6.03 Å². The molecule has 1 aliphatic heterocycles. The van der Waals surface area contributed by atoms with E-state index in [0.29, 0.717) is 18.6 Å². The average molecular weight is 284 g/mol. The van der Waals surface area contributed by atoms with Gasteiger partial charge in [-0.3, -0.25) is 4.99 Å². The van der Waals surface area contributed by atoms with Crippen LogP contribution in [0.25, 0.3) is 0 Å². The molecular weight excluding hydrogens is 260 g/mol. The van der Waals surface area contributed by atoms with E-state index in [1.54, 1.807) is 14.1 Å². The van der Waals surface area contributed by atoms with Gasteiger partial charge in [-0.1, -0.05) is 31.0 Å². The molecular formula is C13H24N4OS. The van der Waals surface area contributed by atoms with Gasteiger partial charge in [0.15, 0.2) is 5.17 Å². The lowest BCUT2D eigenvalue weighted by Gasteiger charge is -2.32. The zero-order valence-corrected chi connectivity index (χ0v) is 12.7. The molecule has 108 valence electrons. The second-order valence-corrected chi connectivity index (χ2v) is 6.53. The number of hydrogen-bond donors (Lipinski definition) is 2. The first-order valence-electron chi connectivity index (χ1n) is 7.02. The summed E-state index contributed by atoms with van der Waals surface area (Å²) in [5, 5.41) is 7.48. The van der Waals surface area contributed by atoms with Crippen molar-refractivity contribution in [3.05, 3.63) is 0 Å². The molecule has 0 aromatic carbocycles. The van der Waals surface area contributed by atoms with Gasteiger partial charge in [-0.25, -0.2) is 4.79 Å². The maximum absolute atomic E-state index is 11.3. The molecule has 1 aliphatic carbocycles. The Morgan fingerprint density at radius 3 is 2.84 bits per heavy atom. The standard InChI is InChI=1S/C13H24N4OS/c1-17(2)12(18)15-9-8-14-11-16-13(10-19-11)6-4-3-5-7-13/h3-10H2,1-2H3,(H,14,16)(H,15,18). The Labute approximate surface area is 119 Å². The van der Waals surface area contributed by atoms with Crippen molar-refractivity contribution in [1.82, 2.24) is 15.5 Å². The number of nitrogens with one attached hydrogen (secondary N) is 2. The SMILES string of the molecule is CN(C)C(=O)NCCN=C1NC2(CCCCC2)CS1. The van der Waals surface area contributed by atoms with E-state index < -0.39 is 0 Å². The first-order valence-corrected chi connectivity index (χ1v) is 8.00. The van der Waals surface area contributed by atoms with Gasteiger partial charge in [-0.2, -0.15) is 0 Å². The second-order valence-electron chi connectivity index (χ2n) is 5.57. The van der Waals surface area contributed by atoms with E-state index in [-0.39, 0.29) is 6.03 Å². The van der Waals surface area contributed by atoms with Crippen molar-refractivity contribution in [3.63, 3.8) is 0 Å². The van der Waals surface area contributed by atoms with Crippen LogP contribution < -0.4 is 10.6 Å². The summed E-state index contributed by atoms with van der Waals surface area (Å²) in [4.78, 5) is 17.4. The third kappa shape index (κ3) is 4.03. The summed E-state index contributed by atoms with van der Waals surface area (Å²) in [5.41, 5.74) is 0.314. The van der Waals surface area contributed by atoms with Crippen molar-refractivity contribution in [3.8, 4) is 0 Å². The topological polar surface area (TPSA) is 56.7 Å². The lowest BCUT2D eigenvalue weighted by molar-refractivity contribution is 0.218. The van der Waals surface area contributed by atoms with Crippen molar-refractivity contribution in [1.29, 1.82) is 0 Å². The molecule has 2 rings (SSSR count). The van der Waals surface area contributed by atoms with E-state index in [0.717, 1.165) is 10.9 Å². The summed E-state index contributed by atoms with van der Waals surface area (Å²) >= 11 is 1.83. The largest absolute Gasteiger partial charge is 0.359 e. The fraction of sp³-hybridized carbons (Fsp3) is 0.846. The Hall–Kier alpha value is -0.910. The van der Waals surface area contributed by atoms with Crippen LogP contribution in [0.3, 0.4) is 0 Å². The molecule has 0 aromatic heterocycles. The second kappa shape index (κ2) is 6.50. The fourth-order valence-electron chi connectivity index (χ4n) is 2.57. The summed E-state index contributed by atoms with van der Waals surface area (Å²) in [7, 11) is 3.48. The van der Waals surface area contributed by atoms with Crippen molar-refractivity contribution < 1.29 is 4.79 Å². The van der Waals surface area contributed by atoms with Crippen LogP contribution in [0.15, 0.2) is 4.99 Å². The molecule has 1 spiro atoms. The predicted molar refractivity (Wildman–Crippen MR) is 80.8 cm³/mol. The molecule has 0 aromatic rings. The molecule has 2 fully saturated rings. The molecule has 0 unspecified atom stereocenters. The number of carbonyl (C=O) groups excluding carboxylic acids is 1. The Balaban J connectivity index is 1.71. The van der Waals surface area contributed by atoms with E-state index in [2.05, 4.69) is 15.6 Å². The molecule has 2 amide bonds. The van der Waals surface area contributed by atoms with Crippen LogP contribution >= 0.6 is 11.8 Å².